The molecule has 0 unspecified atom stereocenters. The first-order chi connectivity index (χ1) is 8.24. The summed E-state index contributed by atoms with van der Waals surface area (Å²) >= 11 is 9.21. The van der Waals surface area contributed by atoms with E-state index < -0.39 is 0 Å². The van der Waals surface area contributed by atoms with Gasteiger partial charge in [-0.2, -0.15) is 0 Å². The molecule has 1 aromatic rings. The molecule has 0 radical (unpaired) electrons. The zero-order chi connectivity index (χ0) is 12.5. The van der Waals surface area contributed by atoms with Crippen LogP contribution in [-0.4, -0.2) is 17.8 Å². The molecule has 0 saturated carbocycles. The Labute approximate surface area is 115 Å². The summed E-state index contributed by atoms with van der Waals surface area (Å²) < 4.78 is 0. The van der Waals surface area contributed by atoms with Gasteiger partial charge in [0, 0.05) is 17.3 Å². The predicted octanol–water partition coefficient (Wildman–Crippen LogP) is 2.98. The van der Waals surface area contributed by atoms with Crippen molar-refractivity contribution in [1.82, 2.24) is 5.32 Å². The molecule has 4 heteroatoms. The fraction of sp³-hybridized carbons (Fsp3) is 0.308. The molecule has 0 heterocycles. The summed E-state index contributed by atoms with van der Waals surface area (Å²) in [4.78, 5) is 11.3. The topological polar surface area (TPSA) is 29.1 Å². The Balaban J connectivity index is 2.37. The number of alkyl halides is 1. The van der Waals surface area contributed by atoms with Crippen LogP contribution < -0.4 is 5.32 Å². The third kappa shape index (κ3) is 5.76. The highest BCUT2D eigenvalue weighted by Crippen LogP contribution is 2.12. The summed E-state index contributed by atoms with van der Waals surface area (Å²) in [5.74, 6) is 5.82. The summed E-state index contributed by atoms with van der Waals surface area (Å²) in [6, 6.07) is 7.38. The zero-order valence-corrected chi connectivity index (χ0v) is 11.6. The van der Waals surface area contributed by atoms with Gasteiger partial charge in [-0.05, 0) is 18.6 Å². The normalized spacial score (nSPS) is 9.29. The van der Waals surface area contributed by atoms with E-state index in [0.29, 0.717) is 18.0 Å². The highest BCUT2D eigenvalue weighted by Gasteiger charge is 1.97. The Morgan fingerprint density at radius 1 is 1.41 bits per heavy atom. The number of carbonyl (C=O) groups excluding carboxylic acids is 1. The van der Waals surface area contributed by atoms with Crippen LogP contribution in [0.2, 0.25) is 5.02 Å². The van der Waals surface area contributed by atoms with Crippen molar-refractivity contribution >= 4 is 33.4 Å². The first-order valence-corrected chi connectivity index (χ1v) is 6.80. The van der Waals surface area contributed by atoms with Gasteiger partial charge in [-0.1, -0.05) is 51.5 Å². The van der Waals surface area contributed by atoms with Gasteiger partial charge in [-0.15, -0.1) is 0 Å². The maximum Gasteiger partial charge on any atom is 0.220 e. The third-order valence-electron chi connectivity index (χ3n) is 2.01. The van der Waals surface area contributed by atoms with E-state index in [4.69, 9.17) is 11.6 Å². The van der Waals surface area contributed by atoms with Crippen LogP contribution in [0.1, 0.15) is 18.4 Å². The van der Waals surface area contributed by atoms with Gasteiger partial charge < -0.3 is 5.32 Å². The van der Waals surface area contributed by atoms with Crippen molar-refractivity contribution < 1.29 is 4.79 Å². The van der Waals surface area contributed by atoms with Crippen molar-refractivity contribution in [2.45, 2.75) is 12.8 Å². The number of amides is 1. The average molecular weight is 315 g/mol. The van der Waals surface area contributed by atoms with Crippen LogP contribution in [0, 0.1) is 11.8 Å². The van der Waals surface area contributed by atoms with E-state index in [1.54, 1.807) is 6.07 Å². The lowest BCUT2D eigenvalue weighted by molar-refractivity contribution is -0.120. The number of halogens is 2. The van der Waals surface area contributed by atoms with Gasteiger partial charge in [0.2, 0.25) is 5.91 Å². The molecule has 0 spiro atoms. The average Bonchev–Trinajstić information content (AvgIpc) is 2.34. The smallest absolute Gasteiger partial charge is 0.220 e. The molecule has 0 aliphatic heterocycles. The van der Waals surface area contributed by atoms with Gasteiger partial charge in [-0.3, -0.25) is 4.79 Å². The third-order valence-corrected chi connectivity index (χ3v) is 2.90. The van der Waals surface area contributed by atoms with Crippen LogP contribution in [0.15, 0.2) is 24.3 Å². The van der Waals surface area contributed by atoms with E-state index in [-0.39, 0.29) is 5.91 Å². The van der Waals surface area contributed by atoms with Crippen molar-refractivity contribution in [3.05, 3.63) is 34.9 Å². The van der Waals surface area contributed by atoms with Gasteiger partial charge in [-0.25, -0.2) is 0 Å². The Bertz CT molecular complexity index is 437. The van der Waals surface area contributed by atoms with Crippen molar-refractivity contribution in [1.29, 1.82) is 0 Å². The maximum atomic E-state index is 11.3. The minimum absolute atomic E-state index is 0.0258. The fourth-order valence-corrected chi connectivity index (χ4v) is 1.62. The Morgan fingerprint density at radius 2 is 2.18 bits per heavy atom. The molecule has 0 saturated heterocycles. The molecule has 90 valence electrons. The first-order valence-electron chi connectivity index (χ1n) is 5.30. The SMILES string of the molecule is O=C(CCCBr)NCC#Cc1ccccc1Cl. The predicted molar refractivity (Wildman–Crippen MR) is 74.4 cm³/mol. The Morgan fingerprint density at radius 3 is 2.88 bits per heavy atom. The van der Waals surface area contributed by atoms with E-state index in [1.165, 1.54) is 0 Å². The van der Waals surface area contributed by atoms with E-state index >= 15 is 0 Å². The van der Waals surface area contributed by atoms with Crippen LogP contribution in [-0.2, 0) is 4.79 Å². The molecule has 0 fully saturated rings. The van der Waals surface area contributed by atoms with Crippen LogP contribution >= 0.6 is 27.5 Å². The van der Waals surface area contributed by atoms with Crippen LogP contribution in [0.3, 0.4) is 0 Å². The van der Waals surface area contributed by atoms with Gasteiger partial charge in [0.05, 0.1) is 11.6 Å². The van der Waals surface area contributed by atoms with Crippen molar-refractivity contribution in [2.75, 3.05) is 11.9 Å². The molecule has 0 aromatic heterocycles. The molecule has 1 N–H and O–H groups in total. The van der Waals surface area contributed by atoms with Crippen molar-refractivity contribution in [3.8, 4) is 11.8 Å². The number of rotatable bonds is 4. The summed E-state index contributed by atoms with van der Waals surface area (Å²) in [5.41, 5.74) is 0.781. The van der Waals surface area contributed by atoms with Gasteiger partial charge in [0.15, 0.2) is 0 Å². The van der Waals surface area contributed by atoms with Gasteiger partial charge >= 0.3 is 0 Å². The van der Waals surface area contributed by atoms with Crippen molar-refractivity contribution in [3.63, 3.8) is 0 Å². The fourth-order valence-electron chi connectivity index (χ4n) is 1.16. The second-order valence-corrected chi connectivity index (χ2v) is 4.55. The first kappa shape index (κ1) is 14.1. The monoisotopic (exact) mass is 313 g/mol. The molecule has 0 aliphatic rings. The van der Waals surface area contributed by atoms with E-state index in [2.05, 4.69) is 33.1 Å². The molecule has 0 atom stereocenters. The molecule has 0 aliphatic carbocycles. The van der Waals surface area contributed by atoms with E-state index in [1.807, 2.05) is 18.2 Å². The molecule has 1 amide bonds. The van der Waals surface area contributed by atoms with Crippen LogP contribution in [0.5, 0.6) is 0 Å². The minimum Gasteiger partial charge on any atom is -0.345 e. The maximum absolute atomic E-state index is 11.3. The van der Waals surface area contributed by atoms with E-state index in [9.17, 15) is 4.79 Å². The molecule has 1 aromatic carbocycles. The van der Waals surface area contributed by atoms with Gasteiger partial charge in [0.1, 0.15) is 0 Å². The highest BCUT2D eigenvalue weighted by molar-refractivity contribution is 9.09. The summed E-state index contributed by atoms with van der Waals surface area (Å²) in [6.07, 6.45) is 1.36. The largest absolute Gasteiger partial charge is 0.345 e. The lowest BCUT2D eigenvalue weighted by atomic mass is 10.2. The Kier molecular flexibility index (Phi) is 6.76. The molecular weight excluding hydrogens is 302 g/mol. The number of carbonyl (C=O) groups is 1. The summed E-state index contributed by atoms with van der Waals surface area (Å²) in [7, 11) is 0. The molecule has 1 rings (SSSR count). The highest BCUT2D eigenvalue weighted by atomic mass is 79.9. The Hall–Kier alpha value is -0.980. The quantitative estimate of drug-likeness (QED) is 0.672. The number of hydrogen-bond donors (Lipinski definition) is 1. The van der Waals surface area contributed by atoms with Gasteiger partial charge in [0.25, 0.3) is 0 Å². The molecule has 0 bridgehead atoms. The van der Waals surface area contributed by atoms with E-state index in [0.717, 1.165) is 17.3 Å². The minimum atomic E-state index is 0.0258. The standard InChI is InChI=1S/C13H13BrClNO/c14-9-3-8-13(17)16-10-4-6-11-5-1-2-7-12(11)15/h1-2,5,7H,3,8-10H2,(H,16,17). The zero-order valence-electron chi connectivity index (χ0n) is 9.30. The summed E-state index contributed by atoms with van der Waals surface area (Å²) in [6.45, 7) is 0.354. The lowest BCUT2D eigenvalue weighted by Gasteiger charge is -1.98. The van der Waals surface area contributed by atoms with Crippen molar-refractivity contribution in [2.24, 2.45) is 0 Å². The number of nitrogens with one attached hydrogen (secondary N) is 1. The molecular formula is C13H13BrClNO. The number of hydrogen-bond acceptors (Lipinski definition) is 1. The number of benzene rings is 1. The lowest BCUT2D eigenvalue weighted by Crippen LogP contribution is -2.23. The molecule has 2 nitrogen and oxygen atoms in total. The van der Waals surface area contributed by atoms with Crippen LogP contribution in [0.4, 0.5) is 0 Å². The summed E-state index contributed by atoms with van der Waals surface area (Å²) in [5, 5.41) is 4.20. The second-order valence-electron chi connectivity index (χ2n) is 3.35. The van der Waals surface area contributed by atoms with Crippen LogP contribution in [0.25, 0.3) is 0 Å². The second kappa shape index (κ2) is 8.16. The molecule has 17 heavy (non-hydrogen) atoms.